The van der Waals surface area contributed by atoms with Gasteiger partial charge in [0.1, 0.15) is 0 Å². The number of hydrogen-bond donors (Lipinski definition) is 0. The second-order valence-corrected chi connectivity index (χ2v) is 23.4. The van der Waals surface area contributed by atoms with Crippen LogP contribution in [0.3, 0.4) is 0 Å². The van der Waals surface area contributed by atoms with Gasteiger partial charge < -0.3 is 0 Å². The van der Waals surface area contributed by atoms with Gasteiger partial charge in [0.05, 0.1) is 0 Å². The second-order valence-electron chi connectivity index (χ2n) is 6.12. The molecule has 0 nitrogen and oxygen atoms in total. The summed E-state index contributed by atoms with van der Waals surface area (Å²) in [7, 11) is -1.85. The van der Waals surface area contributed by atoms with Crippen LogP contribution < -0.4 is 0 Å². The third kappa shape index (κ3) is 3.61. The van der Waals surface area contributed by atoms with Gasteiger partial charge >= 0.3 is 0 Å². The highest BCUT2D eigenvalue weighted by atomic mass is 29.3. The molecular weight excluding hydrogens is 212 g/mol. The maximum atomic E-state index is 2.57. The van der Waals surface area contributed by atoms with Crippen molar-refractivity contribution in [3.05, 3.63) is 35.9 Å². The van der Waals surface area contributed by atoms with Crippen molar-refractivity contribution in [1.82, 2.24) is 0 Å². The minimum absolute atomic E-state index is 0.900. The molecule has 0 aliphatic heterocycles. The summed E-state index contributed by atoms with van der Waals surface area (Å²) in [6, 6.07) is 12.4. The van der Waals surface area contributed by atoms with Gasteiger partial charge in [0.2, 0.25) is 0 Å². The Kier molecular flexibility index (Phi) is 3.95. The van der Waals surface area contributed by atoms with E-state index in [1.807, 2.05) is 0 Å². The van der Waals surface area contributed by atoms with Crippen LogP contribution in [0.4, 0.5) is 0 Å². The fourth-order valence-electron chi connectivity index (χ4n) is 1.48. The number of hydrogen-bond acceptors (Lipinski definition) is 0. The van der Waals surface area contributed by atoms with Gasteiger partial charge in [0.25, 0.3) is 0 Å². The predicted molar refractivity (Wildman–Crippen MR) is 75.8 cm³/mol. The third-order valence-corrected chi connectivity index (χ3v) is 22.4. The molecule has 0 amide bonds. The zero-order chi connectivity index (χ0) is 11.5. The van der Waals surface area contributed by atoms with E-state index in [0.717, 1.165) is 0 Å². The van der Waals surface area contributed by atoms with Crippen molar-refractivity contribution in [2.75, 3.05) is 0 Å². The molecule has 0 spiro atoms. The van der Waals surface area contributed by atoms with E-state index in [0.29, 0.717) is 0 Å². The highest BCUT2D eigenvalue weighted by Crippen LogP contribution is 2.24. The lowest BCUT2D eigenvalue weighted by molar-refractivity contribution is 1.10. The quantitative estimate of drug-likeness (QED) is 0.682. The van der Waals surface area contributed by atoms with Gasteiger partial charge in [-0.3, -0.25) is 0 Å². The highest BCUT2D eigenvalue weighted by molar-refractivity contribution is 7.40. The van der Waals surface area contributed by atoms with Crippen LogP contribution in [0.15, 0.2) is 30.3 Å². The fourth-order valence-corrected chi connectivity index (χ4v) is 5.77. The van der Waals surface area contributed by atoms with Crippen LogP contribution in [0.2, 0.25) is 38.8 Å². The summed E-state index contributed by atoms with van der Waals surface area (Å²) < 4.78 is 0. The van der Waals surface area contributed by atoms with E-state index in [1.165, 1.54) is 18.0 Å². The number of benzene rings is 1. The molecule has 0 saturated carbocycles. The second kappa shape index (κ2) is 4.66. The van der Waals surface area contributed by atoms with Gasteiger partial charge in [-0.1, -0.05) is 69.1 Å². The maximum Gasteiger partial charge on any atom is 0.0413 e. The molecule has 0 atom stereocenters. The van der Waals surface area contributed by atoms with E-state index in [2.05, 4.69) is 63.1 Å². The first-order valence-electron chi connectivity index (χ1n) is 5.87. The average molecular weight is 237 g/mol. The summed E-state index contributed by atoms with van der Waals surface area (Å²) in [6.45, 7) is 12.7. The Morgan fingerprint density at radius 1 is 0.867 bits per heavy atom. The summed E-state index contributed by atoms with van der Waals surface area (Å²) in [5, 5.41) is 0. The fraction of sp³-hybridized carbons (Fsp3) is 0.538. The van der Waals surface area contributed by atoms with Crippen molar-refractivity contribution >= 4 is 15.2 Å². The predicted octanol–water partition coefficient (Wildman–Crippen LogP) is 4.35. The van der Waals surface area contributed by atoms with Gasteiger partial charge in [-0.2, -0.15) is 0 Å². The standard InChI is InChI=1S/C13H24Si2/c1-14(2,3)15(4,5)12-11-13-9-7-6-8-10-13/h6-10H,11-12H2,1-5H3. The molecular formula is C13H24Si2. The van der Waals surface area contributed by atoms with E-state index in [4.69, 9.17) is 0 Å². The lowest BCUT2D eigenvalue weighted by Crippen LogP contribution is -2.52. The smallest absolute Gasteiger partial charge is 0.0413 e. The largest absolute Gasteiger partial charge is 0.0715 e. The maximum absolute atomic E-state index is 2.57. The van der Waals surface area contributed by atoms with Gasteiger partial charge in [-0.25, -0.2) is 0 Å². The van der Waals surface area contributed by atoms with Crippen LogP contribution in [0, 0.1) is 0 Å². The van der Waals surface area contributed by atoms with Crippen molar-refractivity contribution < 1.29 is 0 Å². The first-order valence-corrected chi connectivity index (χ1v) is 13.6. The Bertz CT molecular complexity index is 296. The minimum atomic E-state index is -0.949. The minimum Gasteiger partial charge on any atom is -0.0715 e. The van der Waals surface area contributed by atoms with E-state index >= 15 is 0 Å². The summed E-state index contributed by atoms with van der Waals surface area (Å²) in [5.74, 6) is 0. The molecule has 0 N–H and O–H groups in total. The molecule has 1 rings (SSSR count). The lowest BCUT2D eigenvalue weighted by Gasteiger charge is -2.35. The molecule has 84 valence electrons. The Hall–Kier alpha value is -0.346. The topological polar surface area (TPSA) is 0 Å². The van der Waals surface area contributed by atoms with Crippen LogP contribution >= 0.6 is 0 Å². The molecule has 0 saturated heterocycles. The summed E-state index contributed by atoms with van der Waals surface area (Å²) in [4.78, 5) is 0. The van der Waals surface area contributed by atoms with E-state index in [9.17, 15) is 0 Å². The molecule has 1 aromatic rings. The van der Waals surface area contributed by atoms with Crippen molar-refractivity contribution in [1.29, 1.82) is 0 Å². The molecule has 0 unspecified atom stereocenters. The summed E-state index contributed by atoms with van der Waals surface area (Å²) >= 11 is 0. The Labute approximate surface area is 96.5 Å². The highest BCUT2D eigenvalue weighted by Gasteiger charge is 2.35. The first kappa shape index (κ1) is 12.7. The molecule has 0 heterocycles. The molecule has 0 aliphatic carbocycles. The van der Waals surface area contributed by atoms with Gasteiger partial charge in [-0.15, -0.1) is 0 Å². The zero-order valence-electron chi connectivity index (χ0n) is 10.8. The van der Waals surface area contributed by atoms with Gasteiger partial charge in [-0.05, 0) is 12.0 Å². The molecule has 0 aromatic heterocycles. The van der Waals surface area contributed by atoms with Crippen molar-refractivity contribution in [2.45, 2.75) is 45.2 Å². The average Bonchev–Trinajstić information content (AvgIpc) is 2.15. The van der Waals surface area contributed by atoms with Crippen LogP contribution in [-0.4, -0.2) is 15.2 Å². The molecule has 15 heavy (non-hydrogen) atoms. The van der Waals surface area contributed by atoms with E-state index < -0.39 is 15.2 Å². The zero-order valence-corrected chi connectivity index (χ0v) is 12.8. The molecule has 0 bridgehead atoms. The Morgan fingerprint density at radius 3 is 1.87 bits per heavy atom. The van der Waals surface area contributed by atoms with Crippen LogP contribution in [0.5, 0.6) is 0 Å². The number of aryl methyl sites for hydroxylation is 1. The molecule has 0 radical (unpaired) electrons. The molecule has 0 aliphatic rings. The van der Waals surface area contributed by atoms with Crippen molar-refractivity contribution in [3.63, 3.8) is 0 Å². The van der Waals surface area contributed by atoms with Gasteiger partial charge in [0.15, 0.2) is 0 Å². The van der Waals surface area contributed by atoms with E-state index in [-0.39, 0.29) is 0 Å². The third-order valence-electron chi connectivity index (χ3n) is 3.91. The van der Waals surface area contributed by atoms with Crippen LogP contribution in [0.1, 0.15) is 5.56 Å². The normalized spacial score (nSPS) is 12.9. The molecule has 2 heteroatoms. The monoisotopic (exact) mass is 236 g/mol. The Morgan fingerprint density at radius 2 is 1.40 bits per heavy atom. The van der Waals surface area contributed by atoms with Crippen molar-refractivity contribution in [2.24, 2.45) is 0 Å². The summed E-state index contributed by atoms with van der Waals surface area (Å²) in [6.07, 6.45) is 1.28. The van der Waals surface area contributed by atoms with Crippen LogP contribution in [-0.2, 0) is 6.42 Å². The Balaban J connectivity index is 2.58. The molecule has 0 fully saturated rings. The number of rotatable bonds is 4. The van der Waals surface area contributed by atoms with E-state index in [1.54, 1.807) is 0 Å². The SMILES string of the molecule is C[Si](C)(C)[Si](C)(C)CCc1ccccc1. The molecule has 1 aromatic carbocycles. The van der Waals surface area contributed by atoms with Gasteiger partial charge in [0, 0.05) is 15.2 Å². The summed E-state index contributed by atoms with van der Waals surface area (Å²) in [5.41, 5.74) is 1.51. The van der Waals surface area contributed by atoms with Crippen molar-refractivity contribution in [3.8, 4) is 0 Å². The first-order chi connectivity index (χ1) is 6.83. The van der Waals surface area contributed by atoms with Crippen LogP contribution in [0.25, 0.3) is 0 Å². The lowest BCUT2D eigenvalue weighted by atomic mass is 10.2.